The molecule has 2 aromatic rings. The van der Waals surface area contributed by atoms with Crippen LogP contribution in [0.4, 0.5) is 0 Å². The van der Waals surface area contributed by atoms with Crippen LogP contribution in [0, 0.1) is 18.3 Å². The van der Waals surface area contributed by atoms with Crippen molar-refractivity contribution in [2.24, 2.45) is 22.8 Å². The Morgan fingerprint density at radius 1 is 1.07 bits per heavy atom. The van der Waals surface area contributed by atoms with E-state index in [1.807, 2.05) is 60.4 Å². The number of carbonyl (C=O) groups excluding carboxylic acids is 4. The van der Waals surface area contributed by atoms with Crippen LogP contribution < -0.4 is 26.8 Å². The Morgan fingerprint density at radius 3 is 2.50 bits per heavy atom. The van der Waals surface area contributed by atoms with Crippen molar-refractivity contribution in [2.45, 2.75) is 78.3 Å². The second kappa shape index (κ2) is 16.8. The molecular formula is C34H49N5O5. The number of nitrogens with one attached hydrogen (secondary N) is 2. The van der Waals surface area contributed by atoms with Crippen LogP contribution in [0.25, 0.3) is 0 Å². The number of benzene rings is 2. The van der Waals surface area contributed by atoms with Crippen molar-refractivity contribution in [3.05, 3.63) is 65.2 Å². The van der Waals surface area contributed by atoms with E-state index in [-0.39, 0.29) is 36.5 Å². The maximum atomic E-state index is 13.2. The van der Waals surface area contributed by atoms with Gasteiger partial charge in [-0.25, -0.2) is 0 Å². The second-order valence-electron chi connectivity index (χ2n) is 12.4. The van der Waals surface area contributed by atoms with Crippen molar-refractivity contribution >= 4 is 23.6 Å². The third-order valence-corrected chi connectivity index (χ3v) is 8.40. The summed E-state index contributed by atoms with van der Waals surface area (Å²) in [5.41, 5.74) is 12.8. The van der Waals surface area contributed by atoms with Gasteiger partial charge >= 0.3 is 0 Å². The fraction of sp³-hybridized carbons (Fsp3) is 0.529. The average molecular weight is 608 g/mol. The average Bonchev–Trinajstić information content (AvgIpc) is 3.02. The molecule has 0 spiro atoms. The number of fused-ring (bicyclic) bond motifs is 4. The molecule has 1 fully saturated rings. The third kappa shape index (κ3) is 11.0. The van der Waals surface area contributed by atoms with Gasteiger partial charge in [0.2, 0.25) is 23.6 Å². The zero-order chi connectivity index (χ0) is 32.1. The Kier molecular flexibility index (Phi) is 13.2. The zero-order valence-electron chi connectivity index (χ0n) is 26.4. The summed E-state index contributed by atoms with van der Waals surface area (Å²) in [6.45, 7) is 8.15. The van der Waals surface area contributed by atoms with Crippen molar-refractivity contribution in [3.8, 4) is 5.75 Å². The molecule has 2 aliphatic rings. The smallest absolute Gasteiger partial charge is 0.242 e. The van der Waals surface area contributed by atoms with E-state index in [0.29, 0.717) is 45.0 Å². The molecule has 1 saturated heterocycles. The third-order valence-electron chi connectivity index (χ3n) is 8.40. The van der Waals surface area contributed by atoms with E-state index in [1.54, 1.807) is 13.8 Å². The number of primary amides is 1. The van der Waals surface area contributed by atoms with Gasteiger partial charge in [0.25, 0.3) is 0 Å². The van der Waals surface area contributed by atoms with E-state index < -0.39 is 11.5 Å². The Labute approximate surface area is 261 Å². The number of piperidine rings is 1. The van der Waals surface area contributed by atoms with Gasteiger partial charge in [-0.3, -0.25) is 19.2 Å². The lowest BCUT2D eigenvalue weighted by atomic mass is 9.93. The molecule has 2 heterocycles. The standard InChI is InChI=1S/C29H37N3O4.C5H12N2O/c1-21-9-11-25-18-24(21)19-30-29(35)26(12-10-22-6-3-2-4-7-22)31-27(33)13-14-28(34)32-16-5-8-23(20-32)15-17-36-25;1-5(2,3-6)4(7)8/h2-4,6-7,9,11,18,23,26H,5,8,10,12-17,19-20H2,1H3,(H,30,35)(H,31,33);3,6H2,1-2H3,(H2,7,8). The molecule has 10 heteroatoms. The number of hydrogen-bond acceptors (Lipinski definition) is 6. The lowest BCUT2D eigenvalue weighted by Gasteiger charge is -2.33. The number of nitrogens with two attached hydrogens (primary N) is 2. The molecule has 4 amide bonds. The van der Waals surface area contributed by atoms with E-state index in [0.717, 1.165) is 48.2 Å². The van der Waals surface area contributed by atoms with Gasteiger partial charge in [-0.05, 0) is 87.6 Å². The van der Waals surface area contributed by atoms with Crippen LogP contribution in [-0.2, 0) is 32.1 Å². The summed E-state index contributed by atoms with van der Waals surface area (Å²) in [5, 5.41) is 5.89. The molecular weight excluding hydrogens is 558 g/mol. The van der Waals surface area contributed by atoms with E-state index in [4.69, 9.17) is 16.2 Å². The van der Waals surface area contributed by atoms with E-state index in [1.165, 1.54) is 0 Å². The molecule has 6 N–H and O–H groups in total. The first-order chi connectivity index (χ1) is 21.0. The summed E-state index contributed by atoms with van der Waals surface area (Å²) in [7, 11) is 0. The summed E-state index contributed by atoms with van der Waals surface area (Å²) in [6, 6.07) is 15.2. The van der Waals surface area contributed by atoms with Crippen LogP contribution in [0.1, 0.15) is 69.1 Å². The molecule has 10 nitrogen and oxygen atoms in total. The summed E-state index contributed by atoms with van der Waals surface area (Å²) >= 11 is 0. The molecule has 0 radical (unpaired) electrons. The van der Waals surface area contributed by atoms with Crippen LogP contribution in [0.15, 0.2) is 48.5 Å². The minimum Gasteiger partial charge on any atom is -0.494 e. The predicted molar refractivity (Wildman–Crippen MR) is 170 cm³/mol. The van der Waals surface area contributed by atoms with Crippen molar-refractivity contribution < 1.29 is 23.9 Å². The lowest BCUT2D eigenvalue weighted by molar-refractivity contribution is -0.135. The Hall–Kier alpha value is -3.92. The van der Waals surface area contributed by atoms with Gasteiger partial charge in [-0.1, -0.05) is 36.4 Å². The molecule has 4 rings (SSSR count). The van der Waals surface area contributed by atoms with Crippen LogP contribution in [0.3, 0.4) is 0 Å². The molecule has 0 aromatic heterocycles. The number of amides is 4. The zero-order valence-corrected chi connectivity index (χ0v) is 26.4. The largest absolute Gasteiger partial charge is 0.494 e. The lowest BCUT2D eigenvalue weighted by Crippen LogP contribution is -2.47. The minimum atomic E-state index is -0.675. The van der Waals surface area contributed by atoms with Gasteiger partial charge in [0, 0.05) is 39.0 Å². The minimum absolute atomic E-state index is 0.00495. The van der Waals surface area contributed by atoms with Crippen molar-refractivity contribution in [3.63, 3.8) is 0 Å². The number of nitrogens with zero attached hydrogens (tertiary/aromatic N) is 1. The Morgan fingerprint density at radius 2 is 1.82 bits per heavy atom. The summed E-state index contributed by atoms with van der Waals surface area (Å²) in [6.07, 6.45) is 4.32. The highest BCUT2D eigenvalue weighted by atomic mass is 16.5. The normalized spacial score (nSPS) is 20.1. The molecule has 0 aliphatic carbocycles. The summed E-state index contributed by atoms with van der Waals surface area (Å²) < 4.78 is 6.04. The van der Waals surface area contributed by atoms with Gasteiger partial charge in [-0.15, -0.1) is 0 Å². The van der Waals surface area contributed by atoms with Gasteiger partial charge in [0.15, 0.2) is 0 Å². The molecule has 44 heavy (non-hydrogen) atoms. The molecule has 0 saturated carbocycles. The predicted octanol–water partition coefficient (Wildman–Crippen LogP) is 2.99. The number of ether oxygens (including phenoxy) is 1. The maximum Gasteiger partial charge on any atom is 0.242 e. The van der Waals surface area contributed by atoms with E-state index in [9.17, 15) is 19.2 Å². The van der Waals surface area contributed by atoms with Gasteiger partial charge in [0.05, 0.1) is 12.0 Å². The highest BCUT2D eigenvalue weighted by molar-refractivity contribution is 5.89. The Bertz CT molecular complexity index is 1270. The van der Waals surface area contributed by atoms with Crippen molar-refractivity contribution in [2.75, 3.05) is 26.2 Å². The highest BCUT2D eigenvalue weighted by Crippen LogP contribution is 2.23. The topological polar surface area (TPSA) is 157 Å². The quantitative estimate of drug-likeness (QED) is 0.409. The van der Waals surface area contributed by atoms with Crippen LogP contribution in [0.2, 0.25) is 0 Å². The second-order valence-corrected chi connectivity index (χ2v) is 12.4. The van der Waals surface area contributed by atoms with Crippen LogP contribution in [0.5, 0.6) is 5.75 Å². The molecule has 240 valence electrons. The van der Waals surface area contributed by atoms with Gasteiger partial charge in [0.1, 0.15) is 11.8 Å². The highest BCUT2D eigenvalue weighted by Gasteiger charge is 2.26. The maximum absolute atomic E-state index is 13.2. The number of carbonyl (C=O) groups is 4. The number of rotatable bonds is 5. The molecule has 2 atom stereocenters. The molecule has 4 bridgehead atoms. The fourth-order valence-corrected chi connectivity index (χ4v) is 5.07. The van der Waals surface area contributed by atoms with Gasteiger partial charge in [-0.2, -0.15) is 0 Å². The van der Waals surface area contributed by atoms with Crippen molar-refractivity contribution in [1.29, 1.82) is 0 Å². The summed E-state index contributed by atoms with van der Waals surface area (Å²) in [4.78, 5) is 51.0. The molecule has 2 aromatic carbocycles. The van der Waals surface area contributed by atoms with E-state index in [2.05, 4.69) is 10.6 Å². The SMILES string of the molecule is CC(C)(CN)C(N)=O.Cc1ccc2cc1CNC(=O)C(CCc1ccccc1)NC(=O)CCC(=O)N1CCCC(CCO2)C1. The van der Waals surface area contributed by atoms with Crippen LogP contribution in [-0.4, -0.2) is 60.8 Å². The van der Waals surface area contributed by atoms with Crippen molar-refractivity contribution in [1.82, 2.24) is 15.5 Å². The molecule has 2 unspecified atom stereocenters. The van der Waals surface area contributed by atoms with Gasteiger partial charge < -0.3 is 31.7 Å². The van der Waals surface area contributed by atoms with Crippen LogP contribution >= 0.6 is 0 Å². The number of aryl methyl sites for hydroxylation is 2. The first-order valence-electron chi connectivity index (χ1n) is 15.6. The fourth-order valence-electron chi connectivity index (χ4n) is 5.07. The Balaban J connectivity index is 0.000000583. The first-order valence-corrected chi connectivity index (χ1v) is 15.6. The molecule has 2 aliphatic heterocycles. The first kappa shape index (κ1) is 34.6. The number of hydrogen-bond donors (Lipinski definition) is 4. The summed E-state index contributed by atoms with van der Waals surface area (Å²) in [5.74, 6) is 0.352. The van der Waals surface area contributed by atoms with E-state index >= 15 is 0 Å². The monoisotopic (exact) mass is 607 g/mol.